The van der Waals surface area contributed by atoms with Crippen molar-refractivity contribution in [2.24, 2.45) is 0 Å². The number of ether oxygens (including phenoxy) is 1. The van der Waals surface area contributed by atoms with Gasteiger partial charge in [-0.25, -0.2) is 0 Å². The Morgan fingerprint density at radius 3 is 2.71 bits per heavy atom. The molecule has 1 aromatic carbocycles. The molecule has 1 saturated heterocycles. The fraction of sp³-hybridized carbons (Fsp3) is 0.471. The molecule has 2 amide bonds. The summed E-state index contributed by atoms with van der Waals surface area (Å²) in [6.07, 6.45) is 1.58. The van der Waals surface area contributed by atoms with Gasteiger partial charge in [0, 0.05) is 23.1 Å². The summed E-state index contributed by atoms with van der Waals surface area (Å²) in [4.78, 5) is 38.2. The monoisotopic (exact) mass is 396 g/mol. The Morgan fingerprint density at radius 2 is 2.04 bits per heavy atom. The van der Waals surface area contributed by atoms with Crippen LogP contribution >= 0.6 is 15.9 Å². The van der Waals surface area contributed by atoms with E-state index in [0.29, 0.717) is 25.3 Å². The standard InChI is InChI=1S/C17H21BrN2O4/c1-2-3-10-24-15(21)11-14-16(22)19-8-9-20(14)17(23)12-4-6-13(18)7-5-12/h4-7,14H,2-3,8-11H2,1H3,(H,19,22). The summed E-state index contributed by atoms with van der Waals surface area (Å²) in [5.41, 5.74) is 0.484. The molecule has 1 unspecified atom stereocenters. The minimum Gasteiger partial charge on any atom is -0.466 e. The first-order chi connectivity index (χ1) is 11.5. The largest absolute Gasteiger partial charge is 0.466 e. The van der Waals surface area contributed by atoms with Gasteiger partial charge in [-0.3, -0.25) is 14.4 Å². The summed E-state index contributed by atoms with van der Waals surface area (Å²) < 4.78 is 5.99. The molecule has 0 bridgehead atoms. The number of carbonyl (C=O) groups excluding carboxylic acids is 3. The average molecular weight is 397 g/mol. The van der Waals surface area contributed by atoms with Crippen LogP contribution in [-0.2, 0) is 14.3 Å². The van der Waals surface area contributed by atoms with Crippen LogP contribution in [0.15, 0.2) is 28.7 Å². The lowest BCUT2D eigenvalue weighted by Gasteiger charge is -2.34. The van der Waals surface area contributed by atoms with Crippen molar-refractivity contribution in [3.05, 3.63) is 34.3 Å². The average Bonchev–Trinajstić information content (AvgIpc) is 2.57. The first kappa shape index (κ1) is 18.4. The van der Waals surface area contributed by atoms with Crippen molar-refractivity contribution >= 4 is 33.7 Å². The fourth-order valence-corrected chi connectivity index (χ4v) is 2.73. The Bertz CT molecular complexity index is 603. The second-order valence-electron chi connectivity index (χ2n) is 5.59. The molecule has 0 saturated carbocycles. The lowest BCUT2D eigenvalue weighted by Crippen LogP contribution is -2.57. The van der Waals surface area contributed by atoms with E-state index < -0.39 is 12.0 Å². The van der Waals surface area contributed by atoms with E-state index in [2.05, 4.69) is 21.2 Å². The number of carbonyl (C=O) groups is 3. The van der Waals surface area contributed by atoms with Gasteiger partial charge in [-0.1, -0.05) is 29.3 Å². The van der Waals surface area contributed by atoms with Gasteiger partial charge < -0.3 is 15.0 Å². The quantitative estimate of drug-likeness (QED) is 0.590. The van der Waals surface area contributed by atoms with E-state index in [-0.39, 0.29) is 18.2 Å². The predicted molar refractivity (Wildman–Crippen MR) is 92.5 cm³/mol. The first-order valence-electron chi connectivity index (χ1n) is 8.02. The Hall–Kier alpha value is -1.89. The molecule has 6 nitrogen and oxygen atoms in total. The number of halogens is 1. The highest BCUT2D eigenvalue weighted by Gasteiger charge is 2.35. The third-order valence-electron chi connectivity index (χ3n) is 3.80. The lowest BCUT2D eigenvalue weighted by molar-refractivity contribution is -0.147. The number of unbranched alkanes of at least 4 members (excludes halogenated alkanes) is 1. The fourth-order valence-electron chi connectivity index (χ4n) is 2.47. The molecule has 0 radical (unpaired) electrons. The summed E-state index contributed by atoms with van der Waals surface area (Å²) in [6, 6.07) is 6.09. The van der Waals surface area contributed by atoms with Crippen molar-refractivity contribution in [3.8, 4) is 0 Å². The van der Waals surface area contributed by atoms with E-state index in [1.807, 2.05) is 6.92 Å². The van der Waals surface area contributed by atoms with Crippen molar-refractivity contribution in [1.29, 1.82) is 0 Å². The number of nitrogens with zero attached hydrogens (tertiary/aromatic N) is 1. The molecule has 1 heterocycles. The van der Waals surface area contributed by atoms with Gasteiger partial charge in [0.15, 0.2) is 0 Å². The number of rotatable bonds is 6. The third-order valence-corrected chi connectivity index (χ3v) is 4.33. The number of piperazine rings is 1. The van der Waals surface area contributed by atoms with Crippen LogP contribution in [-0.4, -0.2) is 48.4 Å². The molecule has 0 aliphatic carbocycles. The van der Waals surface area contributed by atoms with Crippen LogP contribution in [0.4, 0.5) is 0 Å². The van der Waals surface area contributed by atoms with Gasteiger partial charge in [0.25, 0.3) is 5.91 Å². The summed E-state index contributed by atoms with van der Waals surface area (Å²) in [5.74, 6) is -1.04. The van der Waals surface area contributed by atoms with Gasteiger partial charge in [-0.2, -0.15) is 0 Å². The number of hydrogen-bond donors (Lipinski definition) is 1. The Morgan fingerprint density at radius 1 is 1.33 bits per heavy atom. The van der Waals surface area contributed by atoms with Gasteiger partial charge in [-0.05, 0) is 30.7 Å². The molecule has 2 rings (SSSR count). The Balaban J connectivity index is 2.07. The maximum absolute atomic E-state index is 12.7. The number of esters is 1. The van der Waals surface area contributed by atoms with Crippen LogP contribution in [0.3, 0.4) is 0 Å². The van der Waals surface area contributed by atoms with Crippen molar-refractivity contribution in [2.75, 3.05) is 19.7 Å². The third kappa shape index (κ3) is 4.80. The molecular formula is C17H21BrN2O4. The molecule has 1 fully saturated rings. The summed E-state index contributed by atoms with van der Waals surface area (Å²) in [7, 11) is 0. The van der Waals surface area contributed by atoms with Crippen LogP contribution in [0.5, 0.6) is 0 Å². The second-order valence-corrected chi connectivity index (χ2v) is 6.51. The van der Waals surface area contributed by atoms with Crippen LogP contribution < -0.4 is 5.32 Å². The molecule has 1 aromatic rings. The topological polar surface area (TPSA) is 75.7 Å². The minimum absolute atomic E-state index is 0.127. The highest BCUT2D eigenvalue weighted by molar-refractivity contribution is 9.10. The Kier molecular flexibility index (Phi) is 6.78. The summed E-state index contributed by atoms with van der Waals surface area (Å²) >= 11 is 3.32. The van der Waals surface area contributed by atoms with Crippen molar-refractivity contribution in [2.45, 2.75) is 32.2 Å². The molecule has 1 atom stereocenters. The van der Waals surface area contributed by atoms with Crippen molar-refractivity contribution in [3.63, 3.8) is 0 Å². The number of benzene rings is 1. The van der Waals surface area contributed by atoms with Crippen LogP contribution in [0.25, 0.3) is 0 Å². The number of nitrogens with one attached hydrogen (secondary N) is 1. The zero-order valence-electron chi connectivity index (χ0n) is 13.6. The molecule has 0 aromatic heterocycles. The van der Waals surface area contributed by atoms with Crippen LogP contribution in [0.2, 0.25) is 0 Å². The number of amides is 2. The van der Waals surface area contributed by atoms with Gasteiger partial charge >= 0.3 is 5.97 Å². The van der Waals surface area contributed by atoms with E-state index in [0.717, 1.165) is 17.3 Å². The normalized spacial score (nSPS) is 17.3. The lowest BCUT2D eigenvalue weighted by atomic mass is 10.1. The van der Waals surface area contributed by atoms with E-state index in [1.165, 1.54) is 4.90 Å². The Labute approximate surface area is 149 Å². The van der Waals surface area contributed by atoms with Crippen molar-refractivity contribution in [1.82, 2.24) is 10.2 Å². The van der Waals surface area contributed by atoms with Gasteiger partial charge in [-0.15, -0.1) is 0 Å². The molecule has 1 aliphatic heterocycles. The summed E-state index contributed by atoms with van der Waals surface area (Å²) in [5, 5.41) is 2.70. The van der Waals surface area contributed by atoms with E-state index >= 15 is 0 Å². The predicted octanol–water partition coefficient (Wildman–Crippen LogP) is 2.12. The van der Waals surface area contributed by atoms with E-state index in [4.69, 9.17) is 4.74 Å². The van der Waals surface area contributed by atoms with Gasteiger partial charge in [0.2, 0.25) is 5.91 Å². The molecular weight excluding hydrogens is 376 g/mol. The smallest absolute Gasteiger partial charge is 0.308 e. The molecule has 0 spiro atoms. The van der Waals surface area contributed by atoms with Gasteiger partial charge in [0.05, 0.1) is 13.0 Å². The molecule has 7 heteroatoms. The SMILES string of the molecule is CCCCOC(=O)CC1C(=O)NCCN1C(=O)c1ccc(Br)cc1. The highest BCUT2D eigenvalue weighted by atomic mass is 79.9. The maximum atomic E-state index is 12.7. The zero-order chi connectivity index (χ0) is 17.5. The van der Waals surface area contributed by atoms with Crippen LogP contribution in [0.1, 0.15) is 36.5 Å². The highest BCUT2D eigenvalue weighted by Crippen LogP contribution is 2.17. The van der Waals surface area contributed by atoms with Crippen LogP contribution in [0, 0.1) is 0 Å². The van der Waals surface area contributed by atoms with Crippen molar-refractivity contribution < 1.29 is 19.1 Å². The van der Waals surface area contributed by atoms with Gasteiger partial charge in [0.1, 0.15) is 6.04 Å². The zero-order valence-corrected chi connectivity index (χ0v) is 15.2. The molecule has 1 aliphatic rings. The number of hydrogen-bond acceptors (Lipinski definition) is 4. The molecule has 24 heavy (non-hydrogen) atoms. The molecule has 130 valence electrons. The second kappa shape index (κ2) is 8.82. The van der Waals surface area contributed by atoms with E-state index in [1.54, 1.807) is 24.3 Å². The minimum atomic E-state index is -0.830. The first-order valence-corrected chi connectivity index (χ1v) is 8.82. The summed E-state index contributed by atoms with van der Waals surface area (Å²) in [6.45, 7) is 3.08. The van der Waals surface area contributed by atoms with E-state index in [9.17, 15) is 14.4 Å². The molecule has 1 N–H and O–H groups in total. The maximum Gasteiger partial charge on any atom is 0.308 e.